The second kappa shape index (κ2) is 5.15. The molecular weight excluding hydrogens is 242 g/mol. The molecule has 1 rings (SSSR count). The SMILES string of the molecule is CC(C)[C@H](Br)C(=O)N1CCCC[C@@H]1C. The van der Waals surface area contributed by atoms with E-state index in [0.717, 1.165) is 19.4 Å². The maximum absolute atomic E-state index is 12.0. The van der Waals surface area contributed by atoms with Crippen LogP contribution in [-0.4, -0.2) is 28.2 Å². The molecule has 0 aromatic carbocycles. The number of hydrogen-bond donors (Lipinski definition) is 0. The average molecular weight is 262 g/mol. The number of amides is 1. The van der Waals surface area contributed by atoms with Crippen LogP contribution in [0.4, 0.5) is 0 Å². The number of alkyl halides is 1. The predicted octanol–water partition coefficient (Wildman–Crippen LogP) is 2.81. The van der Waals surface area contributed by atoms with Crippen molar-refractivity contribution in [3.8, 4) is 0 Å². The van der Waals surface area contributed by atoms with Crippen LogP contribution < -0.4 is 0 Å². The van der Waals surface area contributed by atoms with Crippen molar-refractivity contribution in [2.75, 3.05) is 6.54 Å². The van der Waals surface area contributed by atoms with Gasteiger partial charge in [0.25, 0.3) is 0 Å². The Balaban J connectivity index is 2.58. The molecule has 3 heteroatoms. The second-order valence-corrected chi connectivity index (χ2v) is 5.51. The van der Waals surface area contributed by atoms with Crippen molar-refractivity contribution in [3.05, 3.63) is 0 Å². The van der Waals surface area contributed by atoms with Crippen molar-refractivity contribution in [1.29, 1.82) is 0 Å². The van der Waals surface area contributed by atoms with E-state index >= 15 is 0 Å². The first kappa shape index (κ1) is 12.0. The van der Waals surface area contributed by atoms with Gasteiger partial charge in [0.2, 0.25) is 5.91 Å². The maximum atomic E-state index is 12.0. The molecule has 1 aliphatic rings. The molecule has 2 nitrogen and oxygen atoms in total. The lowest BCUT2D eigenvalue weighted by molar-refractivity contribution is -0.134. The summed E-state index contributed by atoms with van der Waals surface area (Å²) in [5.74, 6) is 0.642. The van der Waals surface area contributed by atoms with Crippen LogP contribution in [0.3, 0.4) is 0 Å². The van der Waals surface area contributed by atoms with Crippen molar-refractivity contribution in [3.63, 3.8) is 0 Å². The van der Waals surface area contributed by atoms with E-state index in [-0.39, 0.29) is 10.7 Å². The zero-order valence-corrected chi connectivity index (χ0v) is 10.9. The van der Waals surface area contributed by atoms with Crippen molar-refractivity contribution >= 4 is 21.8 Å². The molecule has 1 fully saturated rings. The highest BCUT2D eigenvalue weighted by atomic mass is 79.9. The summed E-state index contributed by atoms with van der Waals surface area (Å²) >= 11 is 3.48. The summed E-state index contributed by atoms with van der Waals surface area (Å²) in [6, 6.07) is 0.426. The molecule has 0 aromatic heterocycles. The van der Waals surface area contributed by atoms with Crippen LogP contribution in [0.25, 0.3) is 0 Å². The summed E-state index contributed by atoms with van der Waals surface area (Å²) in [5, 5.41) is 0. The van der Waals surface area contributed by atoms with Gasteiger partial charge in [0.15, 0.2) is 0 Å². The lowest BCUT2D eigenvalue weighted by Crippen LogP contribution is -2.46. The number of carbonyl (C=O) groups excluding carboxylic acids is 1. The first-order chi connectivity index (χ1) is 6.54. The smallest absolute Gasteiger partial charge is 0.236 e. The van der Waals surface area contributed by atoms with Crippen molar-refractivity contribution in [1.82, 2.24) is 4.90 Å². The van der Waals surface area contributed by atoms with E-state index < -0.39 is 0 Å². The lowest BCUT2D eigenvalue weighted by atomic mass is 10.0. The van der Waals surface area contributed by atoms with E-state index in [0.29, 0.717) is 12.0 Å². The topological polar surface area (TPSA) is 20.3 Å². The van der Waals surface area contributed by atoms with E-state index in [4.69, 9.17) is 0 Å². The number of halogens is 1. The molecule has 2 atom stereocenters. The van der Waals surface area contributed by atoms with Crippen molar-refractivity contribution in [2.24, 2.45) is 5.92 Å². The summed E-state index contributed by atoms with van der Waals surface area (Å²) in [7, 11) is 0. The first-order valence-corrected chi connectivity index (χ1v) is 6.40. The van der Waals surface area contributed by atoms with Gasteiger partial charge in [0.1, 0.15) is 0 Å². The summed E-state index contributed by atoms with van der Waals surface area (Å²) < 4.78 is 0. The molecule has 0 unspecified atom stereocenters. The molecule has 0 bridgehead atoms. The van der Waals surface area contributed by atoms with Crippen LogP contribution in [0.1, 0.15) is 40.0 Å². The highest BCUT2D eigenvalue weighted by Gasteiger charge is 2.29. The van der Waals surface area contributed by atoms with Gasteiger partial charge in [-0.25, -0.2) is 0 Å². The Bertz CT molecular complexity index is 205. The van der Waals surface area contributed by atoms with Crippen LogP contribution in [0.5, 0.6) is 0 Å². The van der Waals surface area contributed by atoms with Crippen LogP contribution in [0, 0.1) is 5.92 Å². The minimum absolute atomic E-state index is 0.0111. The van der Waals surface area contributed by atoms with Gasteiger partial charge in [0.05, 0.1) is 4.83 Å². The highest BCUT2D eigenvalue weighted by Crippen LogP contribution is 2.22. The maximum Gasteiger partial charge on any atom is 0.236 e. The molecule has 0 spiro atoms. The molecule has 0 saturated carbocycles. The van der Waals surface area contributed by atoms with Gasteiger partial charge >= 0.3 is 0 Å². The van der Waals surface area contributed by atoms with Gasteiger partial charge in [-0.05, 0) is 32.1 Å². The number of hydrogen-bond acceptors (Lipinski definition) is 1. The molecule has 82 valence electrons. The molecule has 1 amide bonds. The Morgan fingerprint density at radius 2 is 2.07 bits per heavy atom. The summed E-state index contributed by atoms with van der Waals surface area (Å²) in [6.07, 6.45) is 3.58. The monoisotopic (exact) mass is 261 g/mol. The van der Waals surface area contributed by atoms with Gasteiger partial charge in [-0.2, -0.15) is 0 Å². The van der Waals surface area contributed by atoms with Crippen LogP contribution >= 0.6 is 15.9 Å². The number of likely N-dealkylation sites (tertiary alicyclic amines) is 1. The molecule has 0 aromatic rings. The Labute approximate surface area is 95.2 Å². The fourth-order valence-corrected chi connectivity index (χ4v) is 2.13. The standard InChI is InChI=1S/C11H20BrNO/c1-8(2)10(12)11(14)13-7-5-4-6-9(13)3/h8-10H,4-7H2,1-3H3/t9-,10-/m0/s1. The third-order valence-corrected chi connectivity index (χ3v) is 4.36. The minimum Gasteiger partial charge on any atom is -0.339 e. The molecule has 14 heavy (non-hydrogen) atoms. The van der Waals surface area contributed by atoms with E-state index in [1.807, 2.05) is 4.90 Å². The number of carbonyl (C=O) groups is 1. The van der Waals surface area contributed by atoms with Crippen LogP contribution in [0.15, 0.2) is 0 Å². The third kappa shape index (κ3) is 2.72. The predicted molar refractivity (Wildman–Crippen MR) is 62.6 cm³/mol. The van der Waals surface area contributed by atoms with Crippen molar-refractivity contribution in [2.45, 2.75) is 50.9 Å². The van der Waals surface area contributed by atoms with Gasteiger partial charge in [-0.1, -0.05) is 29.8 Å². The first-order valence-electron chi connectivity index (χ1n) is 5.48. The fraction of sp³-hybridized carbons (Fsp3) is 0.909. The molecule has 0 radical (unpaired) electrons. The fourth-order valence-electron chi connectivity index (χ4n) is 1.87. The average Bonchev–Trinajstić information content (AvgIpc) is 2.16. The van der Waals surface area contributed by atoms with E-state index in [2.05, 4.69) is 36.7 Å². The number of nitrogens with zero attached hydrogens (tertiary/aromatic N) is 1. The summed E-state index contributed by atoms with van der Waals surface area (Å²) in [4.78, 5) is 14.0. The molecule has 1 saturated heterocycles. The van der Waals surface area contributed by atoms with E-state index in [1.165, 1.54) is 6.42 Å². The largest absolute Gasteiger partial charge is 0.339 e. The summed E-state index contributed by atoms with van der Waals surface area (Å²) in [6.45, 7) is 7.24. The molecular formula is C11H20BrNO. The Hall–Kier alpha value is -0.0500. The van der Waals surface area contributed by atoms with E-state index in [9.17, 15) is 4.79 Å². The number of piperidine rings is 1. The zero-order valence-electron chi connectivity index (χ0n) is 9.29. The Morgan fingerprint density at radius 1 is 1.43 bits per heavy atom. The second-order valence-electron chi connectivity index (χ2n) is 4.52. The minimum atomic E-state index is -0.0111. The third-order valence-electron chi connectivity index (χ3n) is 2.91. The van der Waals surface area contributed by atoms with Gasteiger partial charge in [-0.3, -0.25) is 4.79 Å². The number of rotatable bonds is 2. The van der Waals surface area contributed by atoms with Crippen LogP contribution in [-0.2, 0) is 4.79 Å². The summed E-state index contributed by atoms with van der Waals surface area (Å²) in [5.41, 5.74) is 0. The zero-order chi connectivity index (χ0) is 10.7. The Kier molecular flexibility index (Phi) is 4.42. The molecule has 0 N–H and O–H groups in total. The van der Waals surface area contributed by atoms with Gasteiger partial charge in [-0.15, -0.1) is 0 Å². The van der Waals surface area contributed by atoms with Crippen LogP contribution in [0.2, 0.25) is 0 Å². The molecule has 1 aliphatic heterocycles. The lowest BCUT2D eigenvalue weighted by Gasteiger charge is -2.35. The van der Waals surface area contributed by atoms with E-state index in [1.54, 1.807) is 0 Å². The quantitative estimate of drug-likeness (QED) is 0.701. The highest BCUT2D eigenvalue weighted by molar-refractivity contribution is 9.10. The normalized spacial score (nSPS) is 25.2. The van der Waals surface area contributed by atoms with Crippen molar-refractivity contribution < 1.29 is 4.79 Å². The molecule has 0 aliphatic carbocycles. The van der Waals surface area contributed by atoms with Gasteiger partial charge in [0, 0.05) is 12.6 Å². The van der Waals surface area contributed by atoms with Gasteiger partial charge < -0.3 is 4.90 Å². The Morgan fingerprint density at radius 3 is 2.57 bits per heavy atom. The molecule has 1 heterocycles.